The van der Waals surface area contributed by atoms with Gasteiger partial charge in [-0.1, -0.05) is 6.07 Å². The average Bonchev–Trinajstić information content (AvgIpc) is 3.08. The zero-order chi connectivity index (χ0) is 41.7. The molecule has 0 bridgehead atoms. The van der Waals surface area contributed by atoms with Crippen LogP contribution < -0.4 is 129 Å². The molecule has 34 heteroatoms. The first kappa shape index (κ1) is 59.7. The van der Waals surface area contributed by atoms with Crippen LogP contribution in [0.4, 0.5) is 28.4 Å². The molecule has 0 amide bonds. The Morgan fingerprint density at radius 3 is 1.68 bits per heavy atom. The normalized spacial score (nSPS) is 12.4. The van der Waals surface area contributed by atoms with Gasteiger partial charge in [-0.2, -0.15) is 14.6 Å². The molecule has 0 unspecified atom stereocenters. The van der Waals surface area contributed by atoms with Crippen molar-refractivity contribution in [2.45, 2.75) is 19.6 Å². The number of benzene rings is 4. The number of hydrogen-bond donors (Lipinski definition) is 2. The van der Waals surface area contributed by atoms with Crippen molar-refractivity contribution >= 4 is 102 Å². The first-order chi connectivity index (χ1) is 25.9. The molecule has 3 N–H and O–H groups in total. The van der Waals surface area contributed by atoms with E-state index in [9.17, 15) is 66.1 Å². The van der Waals surface area contributed by atoms with Crippen molar-refractivity contribution in [1.82, 2.24) is 0 Å². The van der Waals surface area contributed by atoms with Gasteiger partial charge in [-0.15, -0.1) is 10.2 Å². The Kier molecular flexibility index (Phi) is 24.7. The molecule has 0 aliphatic carbocycles. The molecule has 0 saturated heterocycles. The largest absolute Gasteiger partial charge is 1.00 e. The van der Waals surface area contributed by atoms with Gasteiger partial charge in [-0.25, -0.2) is 42.1 Å². The second-order valence-electron chi connectivity index (χ2n) is 10.5. The summed E-state index contributed by atoms with van der Waals surface area (Å²) in [6, 6.07) is 10.5. The summed E-state index contributed by atoms with van der Waals surface area (Å²) in [7, 11) is -24.1. The summed E-state index contributed by atoms with van der Waals surface area (Å²) in [5.41, 5.74) is 3.88. The van der Waals surface area contributed by atoms with Gasteiger partial charge in [-0.3, -0.25) is 13.4 Å². The number of phenols is 1. The van der Waals surface area contributed by atoms with Gasteiger partial charge in [0.05, 0.1) is 78.8 Å². The molecule has 0 aliphatic rings. The van der Waals surface area contributed by atoms with Gasteiger partial charge in [0.25, 0.3) is 0 Å². The minimum absolute atomic E-state index is 0. The van der Waals surface area contributed by atoms with E-state index in [1.807, 2.05) is 0 Å². The molecule has 4 rings (SSSR count). The van der Waals surface area contributed by atoms with Gasteiger partial charge in [-0.05, 0) is 60.0 Å². The zero-order valence-corrected chi connectivity index (χ0v) is 44.1. The molecule has 0 fully saturated rings. The molecule has 0 saturated carbocycles. The standard InChI is InChI=1S/C26H25N5O19S6.4Na/c27-23-22-15(13-21(54(38,39)40)25(23)31-28-16-4-6-18(7-5-16)52(34,35)10-8-47-55(41,42)43)12-20(51-50-49-33)24(26(22)32)30-29-17-2-1-3-19(14-17)53(36,37)11-9-48-56(44,45)46;;;;/h1-7,12-14,32-33H,8-11,27H2,(H,38,39,40)(H,41,42,43)(H,44,45,46);;;;/q;4*+1/p-4. The molecule has 0 aliphatic heterocycles. The third kappa shape index (κ3) is 17.3. The van der Waals surface area contributed by atoms with Crippen molar-refractivity contribution in [2.75, 3.05) is 30.5 Å². The third-order valence-corrected chi connectivity index (χ3v) is 12.5. The van der Waals surface area contributed by atoms with Gasteiger partial charge in [0, 0.05) is 0 Å². The Labute approximate surface area is 434 Å². The molecule has 0 spiro atoms. The molecule has 24 nitrogen and oxygen atoms in total. The fraction of sp³-hybridized carbons (Fsp3) is 0.154. The minimum Gasteiger partial charge on any atom is -0.744 e. The number of nitrogen functional groups attached to an aromatic ring is 1. The van der Waals surface area contributed by atoms with E-state index in [1.54, 1.807) is 0 Å². The summed E-state index contributed by atoms with van der Waals surface area (Å²) in [6.07, 6.45) is 0. The molecule has 0 atom stereocenters. The molecular formula is C26H21N5Na4O19S6. The maximum atomic E-state index is 12.6. The van der Waals surface area contributed by atoms with Gasteiger partial charge < -0.3 is 29.8 Å². The summed E-state index contributed by atoms with van der Waals surface area (Å²) in [6.45, 7) is -1.95. The minimum atomic E-state index is -5.40. The van der Waals surface area contributed by atoms with Crippen molar-refractivity contribution in [3.63, 3.8) is 0 Å². The van der Waals surface area contributed by atoms with Crippen LogP contribution >= 0.6 is 12.0 Å². The van der Waals surface area contributed by atoms with Crippen LogP contribution in [0.3, 0.4) is 0 Å². The van der Waals surface area contributed by atoms with Crippen LogP contribution in [0.5, 0.6) is 5.75 Å². The monoisotopic (exact) mass is 991 g/mol. The van der Waals surface area contributed by atoms with Crippen molar-refractivity contribution in [3.8, 4) is 5.75 Å². The number of hydrogen-bond acceptors (Lipinski definition) is 25. The van der Waals surface area contributed by atoms with Crippen LogP contribution in [-0.4, -0.2) is 85.6 Å². The predicted molar refractivity (Wildman–Crippen MR) is 183 cm³/mol. The predicted octanol–water partition coefficient (Wildman–Crippen LogP) is -10.4. The number of rotatable bonds is 18. The van der Waals surface area contributed by atoms with Crippen LogP contribution in [0.15, 0.2) is 101 Å². The van der Waals surface area contributed by atoms with Crippen LogP contribution in [-0.2, 0) is 68.3 Å². The van der Waals surface area contributed by atoms with Crippen LogP contribution in [0.1, 0.15) is 0 Å². The summed E-state index contributed by atoms with van der Waals surface area (Å²) in [5, 5.41) is 39.9. The maximum Gasteiger partial charge on any atom is 1.00 e. The van der Waals surface area contributed by atoms with Gasteiger partial charge in [0.2, 0.25) is 20.8 Å². The number of sulfone groups is 2. The number of azo groups is 2. The van der Waals surface area contributed by atoms with E-state index < -0.39 is 113 Å². The smallest absolute Gasteiger partial charge is 0.744 e. The molecule has 4 aromatic rings. The van der Waals surface area contributed by atoms with Crippen molar-refractivity contribution in [3.05, 3.63) is 60.7 Å². The van der Waals surface area contributed by atoms with Crippen molar-refractivity contribution in [2.24, 2.45) is 20.5 Å². The molecular weight excluding hydrogens is 971 g/mol. The molecule has 4 aromatic carbocycles. The molecule has 304 valence electrons. The Morgan fingerprint density at radius 2 is 1.17 bits per heavy atom. The number of anilines is 1. The number of nitrogens with zero attached hydrogens (tertiary/aromatic N) is 4. The number of fused-ring (bicyclic) bond motifs is 1. The maximum absolute atomic E-state index is 12.6. The second-order valence-corrected chi connectivity index (χ2v) is 18.9. The second kappa shape index (κ2) is 24.9. The Hall–Kier alpha value is -0.280. The molecule has 60 heavy (non-hydrogen) atoms. The van der Waals surface area contributed by atoms with E-state index in [4.69, 9.17) is 5.73 Å². The Bertz CT molecular complexity index is 2780. The van der Waals surface area contributed by atoms with Crippen LogP contribution in [0, 0.1) is 0 Å². The van der Waals surface area contributed by atoms with Crippen molar-refractivity contribution < 1.29 is 202 Å². The fourth-order valence-corrected chi connectivity index (χ4v) is 8.57. The van der Waals surface area contributed by atoms with E-state index in [0.29, 0.717) is 0 Å². The van der Waals surface area contributed by atoms with Gasteiger partial charge in [0.15, 0.2) is 25.4 Å². The summed E-state index contributed by atoms with van der Waals surface area (Å²) in [4.78, 5) is -2.12. The number of aromatic hydroxyl groups is 1. The third-order valence-electron chi connectivity index (χ3n) is 6.80. The number of phenolic OH excluding ortho intramolecular Hbond substituents is 1. The molecule has 0 heterocycles. The van der Waals surface area contributed by atoms with Gasteiger partial charge in [0.1, 0.15) is 21.5 Å². The summed E-state index contributed by atoms with van der Waals surface area (Å²) < 4.78 is 163. The quantitative estimate of drug-likeness (QED) is 0.0137. The topological polar surface area (TPSA) is 396 Å². The summed E-state index contributed by atoms with van der Waals surface area (Å²) >= 11 is 0.135. The summed E-state index contributed by atoms with van der Waals surface area (Å²) in [5.74, 6) is -2.69. The first-order valence-electron chi connectivity index (χ1n) is 14.3. The van der Waals surface area contributed by atoms with Gasteiger partial charge >= 0.3 is 118 Å². The Balaban J connectivity index is 0.00000870. The van der Waals surface area contributed by atoms with Crippen molar-refractivity contribution in [1.29, 1.82) is 0 Å². The van der Waals surface area contributed by atoms with E-state index in [-0.39, 0.29) is 157 Å². The van der Waals surface area contributed by atoms with E-state index in [0.717, 1.165) is 48.5 Å². The van der Waals surface area contributed by atoms with Crippen LogP contribution in [0.25, 0.3) is 10.8 Å². The number of nitrogens with two attached hydrogens (primary N) is 1. The molecule has 0 aromatic heterocycles. The zero-order valence-electron chi connectivity index (χ0n) is 31.2. The average molecular weight is 992 g/mol. The fourth-order valence-electron chi connectivity index (χ4n) is 4.42. The first-order valence-corrected chi connectivity index (χ1v) is 22.4. The van der Waals surface area contributed by atoms with E-state index in [1.165, 1.54) is 12.1 Å². The van der Waals surface area contributed by atoms with Crippen LogP contribution in [0.2, 0.25) is 0 Å². The van der Waals surface area contributed by atoms with E-state index >= 15 is 0 Å². The SMILES string of the molecule is Nc1c(N=Nc2ccc(S(=O)(=O)CCOS(=O)(=O)[O-])cc2)c(S(=O)(=O)[O-])cc2cc(SOO[O-])c(N=Nc3cccc(S(=O)(=O)CCOS(=O)(=O)[O-])c3)c(O)c12.[Na+].[Na+].[Na+].[Na+]. The molecule has 0 radical (unpaired) electrons. The van der Waals surface area contributed by atoms with E-state index in [2.05, 4.69) is 38.2 Å². The Morgan fingerprint density at radius 1 is 0.650 bits per heavy atom.